The van der Waals surface area contributed by atoms with Crippen molar-refractivity contribution in [1.82, 2.24) is 19.6 Å². The van der Waals surface area contributed by atoms with Gasteiger partial charge < -0.3 is 0 Å². The predicted molar refractivity (Wildman–Crippen MR) is 74.5 cm³/mol. The zero-order valence-corrected chi connectivity index (χ0v) is 11.9. The summed E-state index contributed by atoms with van der Waals surface area (Å²) >= 11 is 1.53. The first-order chi connectivity index (χ1) is 10.1. The quantitative estimate of drug-likeness (QED) is 0.693. The molecule has 2 unspecified atom stereocenters. The molecule has 0 saturated carbocycles. The molecule has 3 heterocycles. The van der Waals surface area contributed by atoms with Crippen molar-refractivity contribution >= 4 is 17.0 Å². The SMILES string of the molecule is CC1(c2cncs2)CC(C#N)c2cnc3cc(F)nn3c21. The van der Waals surface area contributed by atoms with E-state index in [9.17, 15) is 9.65 Å². The largest absolute Gasteiger partial charge is 0.253 e. The molecular formula is C14H10FN5S. The molecule has 0 saturated heterocycles. The van der Waals surface area contributed by atoms with Gasteiger partial charge in [0.15, 0.2) is 5.65 Å². The van der Waals surface area contributed by atoms with E-state index in [-0.39, 0.29) is 5.92 Å². The number of thiazole rings is 1. The second-order valence-corrected chi connectivity index (χ2v) is 6.27. The van der Waals surface area contributed by atoms with Gasteiger partial charge in [0.05, 0.1) is 23.2 Å². The molecule has 104 valence electrons. The van der Waals surface area contributed by atoms with Crippen molar-refractivity contribution in [2.24, 2.45) is 0 Å². The number of aromatic nitrogens is 4. The highest BCUT2D eigenvalue weighted by molar-refractivity contribution is 7.09. The first kappa shape index (κ1) is 12.4. The highest BCUT2D eigenvalue weighted by Crippen LogP contribution is 2.50. The Hall–Kier alpha value is -2.33. The highest BCUT2D eigenvalue weighted by Gasteiger charge is 2.45. The van der Waals surface area contributed by atoms with Gasteiger partial charge in [0.25, 0.3) is 0 Å². The minimum Gasteiger partial charge on any atom is -0.253 e. The van der Waals surface area contributed by atoms with E-state index >= 15 is 0 Å². The molecule has 5 nitrogen and oxygen atoms in total. The number of fused-ring (bicyclic) bond motifs is 3. The Morgan fingerprint density at radius 2 is 2.38 bits per heavy atom. The van der Waals surface area contributed by atoms with Gasteiger partial charge in [-0.05, 0) is 13.3 Å². The number of hydrogen-bond acceptors (Lipinski definition) is 5. The van der Waals surface area contributed by atoms with Crippen molar-refractivity contribution in [2.45, 2.75) is 24.7 Å². The van der Waals surface area contributed by atoms with E-state index < -0.39 is 11.4 Å². The van der Waals surface area contributed by atoms with Crippen molar-refractivity contribution in [3.05, 3.63) is 46.1 Å². The summed E-state index contributed by atoms with van der Waals surface area (Å²) in [6, 6.07) is 3.62. The van der Waals surface area contributed by atoms with Crippen molar-refractivity contribution in [1.29, 1.82) is 5.26 Å². The fourth-order valence-electron chi connectivity index (χ4n) is 3.16. The van der Waals surface area contributed by atoms with Crippen LogP contribution in [0, 0.1) is 17.3 Å². The molecule has 21 heavy (non-hydrogen) atoms. The van der Waals surface area contributed by atoms with Crippen molar-refractivity contribution in [3.8, 4) is 6.07 Å². The maximum Gasteiger partial charge on any atom is 0.235 e. The molecule has 0 aromatic carbocycles. The normalized spacial score (nSPS) is 24.1. The van der Waals surface area contributed by atoms with Crippen LogP contribution in [0.25, 0.3) is 5.65 Å². The van der Waals surface area contributed by atoms with E-state index in [0.29, 0.717) is 12.1 Å². The third kappa shape index (κ3) is 1.56. The van der Waals surface area contributed by atoms with Crippen molar-refractivity contribution in [3.63, 3.8) is 0 Å². The minimum absolute atomic E-state index is 0.267. The molecule has 3 aromatic heterocycles. The maximum atomic E-state index is 13.5. The molecule has 0 spiro atoms. The van der Waals surface area contributed by atoms with Gasteiger partial charge in [0, 0.05) is 34.3 Å². The number of rotatable bonds is 1. The molecule has 3 aromatic rings. The Bertz CT molecular complexity index is 879. The van der Waals surface area contributed by atoms with Crippen LogP contribution in [0.2, 0.25) is 0 Å². The van der Waals surface area contributed by atoms with Crippen LogP contribution in [0.3, 0.4) is 0 Å². The minimum atomic E-state index is -0.567. The van der Waals surface area contributed by atoms with Gasteiger partial charge in [0.2, 0.25) is 5.95 Å². The lowest BCUT2D eigenvalue weighted by molar-refractivity contribution is 0.518. The standard InChI is InChI=1S/C14H10FN5S/c1-14(10-6-17-7-21-10)3-8(4-16)9-5-18-12-2-11(15)19-20(12)13(9)14/h2,5-8H,3H2,1H3. The summed E-state index contributed by atoms with van der Waals surface area (Å²) in [5, 5.41) is 13.3. The number of nitrogens with zero attached hydrogens (tertiary/aromatic N) is 5. The van der Waals surface area contributed by atoms with Crippen LogP contribution in [0.5, 0.6) is 0 Å². The van der Waals surface area contributed by atoms with E-state index in [1.54, 1.807) is 17.9 Å². The predicted octanol–water partition coefficient (Wildman–Crippen LogP) is 2.64. The van der Waals surface area contributed by atoms with E-state index in [1.807, 2.05) is 0 Å². The zero-order chi connectivity index (χ0) is 14.6. The fourth-order valence-corrected chi connectivity index (χ4v) is 3.96. The summed E-state index contributed by atoms with van der Waals surface area (Å²) in [4.78, 5) is 9.40. The molecule has 4 rings (SSSR count). The van der Waals surface area contributed by atoms with Crippen LogP contribution in [-0.2, 0) is 5.41 Å². The average Bonchev–Trinajstić information content (AvgIpc) is 3.15. The Labute approximate surface area is 123 Å². The summed E-state index contributed by atoms with van der Waals surface area (Å²) in [6.07, 6.45) is 4.11. The molecule has 0 amide bonds. The van der Waals surface area contributed by atoms with Crippen molar-refractivity contribution < 1.29 is 4.39 Å². The summed E-state index contributed by atoms with van der Waals surface area (Å²) in [7, 11) is 0. The zero-order valence-electron chi connectivity index (χ0n) is 11.1. The molecule has 0 N–H and O–H groups in total. The van der Waals surface area contributed by atoms with E-state index in [2.05, 4.69) is 28.1 Å². The Morgan fingerprint density at radius 3 is 3.10 bits per heavy atom. The van der Waals surface area contributed by atoms with Crippen LogP contribution >= 0.6 is 11.3 Å². The fraction of sp³-hybridized carbons (Fsp3) is 0.286. The van der Waals surface area contributed by atoms with Gasteiger partial charge in [-0.25, -0.2) is 9.50 Å². The monoisotopic (exact) mass is 299 g/mol. The Kier molecular flexibility index (Phi) is 2.41. The Morgan fingerprint density at radius 1 is 1.52 bits per heavy atom. The summed E-state index contributed by atoms with van der Waals surface area (Å²) in [5.41, 5.74) is 3.48. The van der Waals surface area contributed by atoms with E-state index in [0.717, 1.165) is 16.1 Å². The molecule has 0 bridgehead atoms. The van der Waals surface area contributed by atoms with Gasteiger partial charge in [-0.15, -0.1) is 16.4 Å². The second-order valence-electron chi connectivity index (χ2n) is 5.38. The van der Waals surface area contributed by atoms with E-state index in [4.69, 9.17) is 0 Å². The van der Waals surface area contributed by atoms with Crippen LogP contribution < -0.4 is 0 Å². The molecule has 0 radical (unpaired) electrons. The molecule has 1 aliphatic carbocycles. The highest BCUT2D eigenvalue weighted by atomic mass is 32.1. The van der Waals surface area contributed by atoms with Gasteiger partial charge >= 0.3 is 0 Å². The van der Waals surface area contributed by atoms with Crippen LogP contribution in [0.4, 0.5) is 4.39 Å². The van der Waals surface area contributed by atoms with Gasteiger partial charge in [0.1, 0.15) is 0 Å². The number of nitriles is 1. The molecule has 0 aliphatic heterocycles. The van der Waals surface area contributed by atoms with Crippen LogP contribution in [0.15, 0.2) is 24.0 Å². The topological polar surface area (TPSA) is 66.9 Å². The Balaban J connectivity index is 2.09. The van der Waals surface area contributed by atoms with Crippen molar-refractivity contribution in [2.75, 3.05) is 0 Å². The van der Waals surface area contributed by atoms with Gasteiger partial charge in [-0.3, -0.25) is 4.98 Å². The maximum absolute atomic E-state index is 13.5. The lowest BCUT2D eigenvalue weighted by Gasteiger charge is -2.23. The lowest BCUT2D eigenvalue weighted by atomic mass is 9.85. The first-order valence-corrected chi connectivity index (χ1v) is 7.34. The molecule has 1 aliphatic rings. The molecular weight excluding hydrogens is 289 g/mol. The van der Waals surface area contributed by atoms with Gasteiger partial charge in [-0.1, -0.05) is 0 Å². The van der Waals surface area contributed by atoms with E-state index in [1.165, 1.54) is 21.9 Å². The summed E-state index contributed by atoms with van der Waals surface area (Å²) in [6.45, 7) is 2.05. The third-order valence-corrected chi connectivity index (χ3v) is 5.16. The smallest absolute Gasteiger partial charge is 0.235 e. The summed E-state index contributed by atoms with van der Waals surface area (Å²) < 4.78 is 15.0. The first-order valence-electron chi connectivity index (χ1n) is 6.47. The molecule has 0 fully saturated rings. The lowest BCUT2D eigenvalue weighted by Crippen LogP contribution is -2.22. The number of hydrogen-bond donors (Lipinski definition) is 0. The number of halogens is 1. The second kappa shape index (κ2) is 4.09. The van der Waals surface area contributed by atoms with Crippen LogP contribution in [-0.4, -0.2) is 19.6 Å². The summed E-state index contributed by atoms with van der Waals surface area (Å²) in [5.74, 6) is -0.834. The van der Waals surface area contributed by atoms with Gasteiger partial charge in [-0.2, -0.15) is 9.65 Å². The molecule has 2 atom stereocenters. The third-order valence-electron chi connectivity index (χ3n) is 4.12. The molecule has 7 heteroatoms. The average molecular weight is 299 g/mol. The van der Waals surface area contributed by atoms with Crippen LogP contribution in [0.1, 0.15) is 35.4 Å².